The largest absolute Gasteiger partial charge is 0.496 e. The van der Waals surface area contributed by atoms with Crippen LogP contribution in [0.2, 0.25) is 0 Å². The van der Waals surface area contributed by atoms with E-state index < -0.39 is 0 Å². The van der Waals surface area contributed by atoms with Crippen LogP contribution in [0.4, 0.5) is 0 Å². The van der Waals surface area contributed by atoms with Crippen LogP contribution in [-0.4, -0.2) is 44.2 Å². The van der Waals surface area contributed by atoms with Gasteiger partial charge in [-0.2, -0.15) is 0 Å². The van der Waals surface area contributed by atoms with Crippen LogP contribution in [0.1, 0.15) is 44.1 Å². The maximum absolute atomic E-state index is 12.7. The summed E-state index contributed by atoms with van der Waals surface area (Å²) in [6, 6.07) is 8.17. The molecule has 1 heterocycles. The molecule has 4 nitrogen and oxygen atoms in total. The summed E-state index contributed by atoms with van der Waals surface area (Å²) < 4.78 is 10.7. The molecule has 0 spiro atoms. The molecule has 0 bridgehead atoms. The number of amides is 1. The third-order valence-electron chi connectivity index (χ3n) is 4.46. The van der Waals surface area contributed by atoms with E-state index in [9.17, 15) is 4.79 Å². The third kappa shape index (κ3) is 4.01. The normalized spacial score (nSPS) is 19.8. The van der Waals surface area contributed by atoms with E-state index in [1.54, 1.807) is 14.2 Å². The summed E-state index contributed by atoms with van der Waals surface area (Å²) >= 11 is 0. The van der Waals surface area contributed by atoms with Crippen molar-refractivity contribution in [3.63, 3.8) is 0 Å². The Balaban J connectivity index is 2.03. The molecule has 4 heteroatoms. The molecule has 2 unspecified atom stereocenters. The summed E-state index contributed by atoms with van der Waals surface area (Å²) in [6.45, 7) is 3.57. The molecule has 22 heavy (non-hydrogen) atoms. The van der Waals surface area contributed by atoms with Gasteiger partial charge in [-0.15, -0.1) is 0 Å². The molecule has 1 amide bonds. The standard InChI is InChI=1S/C18H27NO3/c1-14(16-9-4-5-10-17(16)22-3)12-18(20)19-11-7-6-8-15(19)13-21-2/h4-5,9-10,14-15H,6-8,11-13H2,1-3H3. The van der Waals surface area contributed by atoms with Crippen LogP contribution in [0.5, 0.6) is 5.75 Å². The minimum atomic E-state index is 0.147. The minimum absolute atomic E-state index is 0.147. The number of ether oxygens (including phenoxy) is 2. The van der Waals surface area contributed by atoms with Gasteiger partial charge in [0.25, 0.3) is 0 Å². The Labute approximate surface area is 133 Å². The van der Waals surface area contributed by atoms with Crippen molar-refractivity contribution in [1.82, 2.24) is 4.90 Å². The second kappa shape index (κ2) is 8.18. The van der Waals surface area contributed by atoms with Gasteiger partial charge in [0.05, 0.1) is 19.8 Å². The van der Waals surface area contributed by atoms with Gasteiger partial charge < -0.3 is 14.4 Å². The van der Waals surface area contributed by atoms with E-state index in [2.05, 4.69) is 6.92 Å². The Bertz CT molecular complexity index is 487. The first-order valence-electron chi connectivity index (χ1n) is 8.08. The molecule has 1 fully saturated rings. The Morgan fingerprint density at radius 1 is 1.32 bits per heavy atom. The molecule has 0 N–H and O–H groups in total. The van der Waals surface area contributed by atoms with Gasteiger partial charge in [0.15, 0.2) is 0 Å². The first kappa shape index (κ1) is 16.8. The second-order valence-electron chi connectivity index (χ2n) is 6.04. The summed E-state index contributed by atoms with van der Waals surface area (Å²) in [6.07, 6.45) is 3.83. The van der Waals surface area contributed by atoms with Crippen molar-refractivity contribution in [3.05, 3.63) is 29.8 Å². The number of hydrogen-bond donors (Lipinski definition) is 0. The smallest absolute Gasteiger partial charge is 0.223 e. The number of nitrogens with zero attached hydrogens (tertiary/aromatic N) is 1. The molecule has 0 saturated carbocycles. The van der Waals surface area contributed by atoms with Gasteiger partial charge in [0, 0.05) is 20.1 Å². The molecule has 1 aromatic carbocycles. The molecule has 0 aromatic heterocycles. The number of piperidine rings is 1. The van der Waals surface area contributed by atoms with Crippen molar-refractivity contribution >= 4 is 5.91 Å². The SMILES string of the molecule is COCC1CCCCN1C(=O)CC(C)c1ccccc1OC. The number of hydrogen-bond acceptors (Lipinski definition) is 3. The number of rotatable bonds is 6. The first-order chi connectivity index (χ1) is 10.7. The van der Waals surface area contributed by atoms with E-state index in [1.807, 2.05) is 29.2 Å². The summed E-state index contributed by atoms with van der Waals surface area (Å²) in [4.78, 5) is 14.7. The molecule has 0 radical (unpaired) electrons. The van der Waals surface area contributed by atoms with Crippen molar-refractivity contribution in [2.75, 3.05) is 27.4 Å². The predicted molar refractivity (Wildman–Crippen MR) is 87.3 cm³/mol. The maximum Gasteiger partial charge on any atom is 0.223 e. The lowest BCUT2D eigenvalue weighted by Gasteiger charge is -2.36. The Morgan fingerprint density at radius 2 is 2.09 bits per heavy atom. The van der Waals surface area contributed by atoms with E-state index >= 15 is 0 Å². The second-order valence-corrected chi connectivity index (χ2v) is 6.04. The molecular weight excluding hydrogens is 278 g/mol. The highest BCUT2D eigenvalue weighted by Gasteiger charge is 2.28. The molecule has 1 saturated heterocycles. The number of methoxy groups -OCH3 is 2. The minimum Gasteiger partial charge on any atom is -0.496 e. The zero-order valence-electron chi connectivity index (χ0n) is 13.9. The van der Waals surface area contributed by atoms with Crippen molar-refractivity contribution in [2.45, 2.75) is 44.6 Å². The van der Waals surface area contributed by atoms with Crippen LogP contribution in [0, 0.1) is 0 Å². The Morgan fingerprint density at radius 3 is 2.82 bits per heavy atom. The van der Waals surface area contributed by atoms with E-state index in [0.717, 1.165) is 30.7 Å². The molecular formula is C18H27NO3. The van der Waals surface area contributed by atoms with Gasteiger partial charge in [-0.05, 0) is 36.8 Å². The highest BCUT2D eigenvalue weighted by atomic mass is 16.5. The summed E-state index contributed by atoms with van der Waals surface area (Å²) in [5, 5.41) is 0. The topological polar surface area (TPSA) is 38.8 Å². The third-order valence-corrected chi connectivity index (χ3v) is 4.46. The van der Waals surface area contributed by atoms with Crippen LogP contribution in [0.15, 0.2) is 24.3 Å². The predicted octanol–water partition coefficient (Wildman–Crippen LogP) is 3.22. The van der Waals surface area contributed by atoms with Crippen molar-refractivity contribution in [2.24, 2.45) is 0 Å². The van der Waals surface area contributed by atoms with E-state index in [0.29, 0.717) is 13.0 Å². The Kier molecular flexibility index (Phi) is 6.25. The van der Waals surface area contributed by atoms with Gasteiger partial charge in [-0.3, -0.25) is 4.79 Å². The van der Waals surface area contributed by atoms with Crippen LogP contribution in [-0.2, 0) is 9.53 Å². The van der Waals surface area contributed by atoms with Gasteiger partial charge in [0.2, 0.25) is 5.91 Å². The van der Waals surface area contributed by atoms with Gasteiger partial charge in [-0.1, -0.05) is 25.1 Å². The van der Waals surface area contributed by atoms with Crippen LogP contribution in [0.25, 0.3) is 0 Å². The number of benzene rings is 1. The quantitative estimate of drug-likeness (QED) is 0.810. The zero-order valence-corrected chi connectivity index (χ0v) is 13.9. The molecule has 1 aromatic rings. The molecule has 2 atom stereocenters. The average Bonchev–Trinajstić information content (AvgIpc) is 2.55. The van der Waals surface area contributed by atoms with Gasteiger partial charge in [-0.25, -0.2) is 0 Å². The lowest BCUT2D eigenvalue weighted by molar-refractivity contribution is -0.136. The number of para-hydroxylation sites is 1. The van der Waals surface area contributed by atoms with Crippen molar-refractivity contribution in [3.8, 4) is 5.75 Å². The summed E-state index contributed by atoms with van der Waals surface area (Å²) in [5.41, 5.74) is 1.10. The zero-order chi connectivity index (χ0) is 15.9. The van der Waals surface area contributed by atoms with Gasteiger partial charge in [0.1, 0.15) is 5.75 Å². The number of likely N-dealkylation sites (tertiary alicyclic amines) is 1. The monoisotopic (exact) mass is 305 g/mol. The highest BCUT2D eigenvalue weighted by molar-refractivity contribution is 5.77. The first-order valence-corrected chi connectivity index (χ1v) is 8.08. The molecule has 0 aliphatic carbocycles. The van der Waals surface area contributed by atoms with Crippen LogP contribution < -0.4 is 4.74 Å². The van der Waals surface area contributed by atoms with E-state index in [-0.39, 0.29) is 17.9 Å². The lowest BCUT2D eigenvalue weighted by atomic mass is 9.94. The fourth-order valence-corrected chi connectivity index (χ4v) is 3.26. The molecule has 2 rings (SSSR count). The fraction of sp³-hybridized carbons (Fsp3) is 0.611. The van der Waals surface area contributed by atoms with E-state index in [4.69, 9.17) is 9.47 Å². The number of carbonyl (C=O) groups is 1. The molecule has 122 valence electrons. The van der Waals surface area contributed by atoms with Crippen LogP contribution in [0.3, 0.4) is 0 Å². The molecule has 1 aliphatic rings. The maximum atomic E-state index is 12.7. The Hall–Kier alpha value is -1.55. The fourth-order valence-electron chi connectivity index (χ4n) is 3.26. The van der Waals surface area contributed by atoms with E-state index in [1.165, 1.54) is 6.42 Å². The van der Waals surface area contributed by atoms with Crippen LogP contribution >= 0.6 is 0 Å². The highest BCUT2D eigenvalue weighted by Crippen LogP contribution is 2.30. The van der Waals surface area contributed by atoms with Crippen molar-refractivity contribution in [1.29, 1.82) is 0 Å². The van der Waals surface area contributed by atoms with Gasteiger partial charge >= 0.3 is 0 Å². The summed E-state index contributed by atoms with van der Waals surface area (Å²) in [7, 11) is 3.38. The molecule has 1 aliphatic heterocycles. The number of carbonyl (C=O) groups excluding carboxylic acids is 1. The average molecular weight is 305 g/mol. The van der Waals surface area contributed by atoms with Crippen molar-refractivity contribution < 1.29 is 14.3 Å². The summed E-state index contributed by atoms with van der Waals surface area (Å²) in [5.74, 6) is 1.23. The lowest BCUT2D eigenvalue weighted by Crippen LogP contribution is -2.46.